The van der Waals surface area contributed by atoms with Crippen molar-refractivity contribution in [1.82, 2.24) is 0 Å². The summed E-state index contributed by atoms with van der Waals surface area (Å²) in [6.07, 6.45) is 1.57. The van der Waals surface area contributed by atoms with Crippen molar-refractivity contribution in [3.8, 4) is 0 Å². The lowest BCUT2D eigenvalue weighted by Crippen LogP contribution is -2.32. The summed E-state index contributed by atoms with van der Waals surface area (Å²) in [6, 6.07) is -0.884. The van der Waals surface area contributed by atoms with Gasteiger partial charge in [-0.1, -0.05) is 19.3 Å². The van der Waals surface area contributed by atoms with E-state index in [9.17, 15) is 8.78 Å². The van der Waals surface area contributed by atoms with Crippen molar-refractivity contribution in [2.75, 3.05) is 0 Å². The molecule has 0 amide bonds. The maximum atomic E-state index is 11.8. The fourth-order valence-electron chi connectivity index (χ4n) is 1.22. The highest BCUT2D eigenvalue weighted by molar-refractivity contribution is 4.76. The van der Waals surface area contributed by atoms with Crippen LogP contribution in [0.1, 0.15) is 25.7 Å². The Balaban J connectivity index is 2.10. The monoisotopic (exact) mass is 149 g/mol. The molecule has 0 bridgehead atoms. The van der Waals surface area contributed by atoms with Crippen molar-refractivity contribution < 1.29 is 8.78 Å². The van der Waals surface area contributed by atoms with Crippen LogP contribution in [0.4, 0.5) is 8.78 Å². The molecule has 0 aromatic rings. The zero-order valence-electron chi connectivity index (χ0n) is 5.89. The summed E-state index contributed by atoms with van der Waals surface area (Å²) in [4.78, 5) is 0. The van der Waals surface area contributed by atoms with E-state index in [1.165, 1.54) is 6.42 Å². The molecule has 1 unspecified atom stereocenters. The van der Waals surface area contributed by atoms with Crippen LogP contribution < -0.4 is 5.73 Å². The van der Waals surface area contributed by atoms with Crippen LogP contribution in [0.2, 0.25) is 0 Å². The van der Waals surface area contributed by atoms with Crippen molar-refractivity contribution in [2.45, 2.75) is 38.2 Å². The van der Waals surface area contributed by atoms with Crippen LogP contribution in [-0.4, -0.2) is 12.5 Å². The van der Waals surface area contributed by atoms with E-state index in [-0.39, 0.29) is 0 Å². The molecule has 0 heterocycles. The van der Waals surface area contributed by atoms with Gasteiger partial charge in [0.05, 0.1) is 6.04 Å². The highest BCUT2D eigenvalue weighted by Gasteiger charge is 2.24. The lowest BCUT2D eigenvalue weighted by molar-refractivity contribution is 0.0944. The fraction of sp³-hybridized carbons (Fsp3) is 1.00. The first-order valence-corrected chi connectivity index (χ1v) is 3.74. The predicted molar refractivity (Wildman–Crippen MR) is 35.9 cm³/mol. The number of hydrogen-bond donors (Lipinski definition) is 1. The number of halogens is 2. The summed E-state index contributed by atoms with van der Waals surface area (Å²) in [5.74, 6) is 0.490. The molecule has 0 spiro atoms. The molecule has 3 heteroatoms. The number of hydrogen-bond acceptors (Lipinski definition) is 1. The minimum Gasteiger partial charge on any atom is -0.323 e. The number of alkyl halides is 2. The molecule has 0 aliphatic heterocycles. The molecule has 1 nitrogen and oxygen atoms in total. The lowest BCUT2D eigenvalue weighted by atomic mass is 9.81. The molecule has 0 aromatic carbocycles. The predicted octanol–water partition coefficient (Wildman–Crippen LogP) is 1.77. The summed E-state index contributed by atoms with van der Waals surface area (Å²) < 4.78 is 23.6. The quantitative estimate of drug-likeness (QED) is 0.650. The zero-order chi connectivity index (χ0) is 7.56. The second kappa shape index (κ2) is 3.28. The Labute approximate surface area is 59.6 Å². The SMILES string of the molecule is NC(CC1CCC1)C(F)F. The van der Waals surface area contributed by atoms with E-state index in [2.05, 4.69) is 0 Å². The van der Waals surface area contributed by atoms with Crippen molar-refractivity contribution in [3.63, 3.8) is 0 Å². The highest BCUT2D eigenvalue weighted by Crippen LogP contribution is 2.30. The summed E-state index contributed by atoms with van der Waals surface area (Å²) in [5.41, 5.74) is 5.18. The van der Waals surface area contributed by atoms with Crippen molar-refractivity contribution in [3.05, 3.63) is 0 Å². The molecule has 2 N–H and O–H groups in total. The molecule has 10 heavy (non-hydrogen) atoms. The normalized spacial score (nSPS) is 22.8. The molecule has 1 saturated carbocycles. The van der Waals surface area contributed by atoms with Gasteiger partial charge in [0.15, 0.2) is 0 Å². The summed E-state index contributed by atoms with van der Waals surface area (Å²) in [7, 11) is 0. The number of nitrogens with two attached hydrogens (primary N) is 1. The Morgan fingerprint density at radius 1 is 1.40 bits per heavy atom. The van der Waals surface area contributed by atoms with Gasteiger partial charge >= 0.3 is 0 Å². The first-order valence-electron chi connectivity index (χ1n) is 3.74. The molecule has 0 saturated heterocycles. The van der Waals surface area contributed by atoms with Gasteiger partial charge in [-0.05, 0) is 12.3 Å². The van der Waals surface area contributed by atoms with Gasteiger partial charge in [0.25, 0.3) is 6.43 Å². The first-order chi connectivity index (χ1) is 4.70. The van der Waals surface area contributed by atoms with Crippen LogP contribution in [-0.2, 0) is 0 Å². The average Bonchev–Trinajstić information content (AvgIpc) is 1.77. The van der Waals surface area contributed by atoms with Crippen molar-refractivity contribution in [1.29, 1.82) is 0 Å². The van der Waals surface area contributed by atoms with Crippen LogP contribution in [0.5, 0.6) is 0 Å². The van der Waals surface area contributed by atoms with Gasteiger partial charge < -0.3 is 5.73 Å². The Morgan fingerprint density at radius 2 is 2.00 bits per heavy atom. The first kappa shape index (κ1) is 7.92. The maximum absolute atomic E-state index is 11.8. The third kappa shape index (κ3) is 1.90. The Bertz CT molecular complexity index is 102. The van der Waals surface area contributed by atoms with Gasteiger partial charge in [0, 0.05) is 0 Å². The second-order valence-corrected chi connectivity index (χ2v) is 3.03. The Kier molecular flexibility index (Phi) is 2.60. The molecule has 60 valence electrons. The maximum Gasteiger partial charge on any atom is 0.253 e. The molecule has 1 aliphatic carbocycles. The van der Waals surface area contributed by atoms with Gasteiger partial charge in [0.2, 0.25) is 0 Å². The molecule has 1 rings (SSSR count). The standard InChI is InChI=1S/C7H13F2N/c8-7(9)6(10)4-5-2-1-3-5/h5-7H,1-4,10H2. The molecule has 1 aliphatic rings. The highest BCUT2D eigenvalue weighted by atomic mass is 19.3. The van der Waals surface area contributed by atoms with Gasteiger partial charge in [-0.2, -0.15) is 0 Å². The zero-order valence-corrected chi connectivity index (χ0v) is 5.89. The summed E-state index contributed by atoms with van der Waals surface area (Å²) >= 11 is 0. The minimum atomic E-state index is -2.33. The number of rotatable bonds is 3. The van der Waals surface area contributed by atoms with E-state index in [4.69, 9.17) is 5.73 Å². The topological polar surface area (TPSA) is 26.0 Å². The Morgan fingerprint density at radius 3 is 2.30 bits per heavy atom. The smallest absolute Gasteiger partial charge is 0.253 e. The molecule has 0 aromatic heterocycles. The van der Waals surface area contributed by atoms with E-state index < -0.39 is 12.5 Å². The third-order valence-electron chi connectivity index (χ3n) is 2.15. The van der Waals surface area contributed by atoms with E-state index in [0.29, 0.717) is 12.3 Å². The van der Waals surface area contributed by atoms with Crippen molar-refractivity contribution >= 4 is 0 Å². The van der Waals surface area contributed by atoms with Gasteiger partial charge in [-0.25, -0.2) is 8.78 Å². The largest absolute Gasteiger partial charge is 0.323 e. The second-order valence-electron chi connectivity index (χ2n) is 3.03. The van der Waals surface area contributed by atoms with E-state index in [1.807, 2.05) is 0 Å². The molecule has 1 atom stereocenters. The van der Waals surface area contributed by atoms with Crippen LogP contribution >= 0.6 is 0 Å². The van der Waals surface area contributed by atoms with E-state index in [0.717, 1.165) is 12.8 Å². The van der Waals surface area contributed by atoms with E-state index in [1.54, 1.807) is 0 Å². The minimum absolute atomic E-state index is 0.490. The molecule has 1 fully saturated rings. The molecular weight excluding hydrogens is 136 g/mol. The fourth-order valence-corrected chi connectivity index (χ4v) is 1.22. The van der Waals surface area contributed by atoms with Gasteiger partial charge in [-0.15, -0.1) is 0 Å². The van der Waals surface area contributed by atoms with Gasteiger partial charge in [-0.3, -0.25) is 0 Å². The van der Waals surface area contributed by atoms with Crippen LogP contribution in [0.15, 0.2) is 0 Å². The van der Waals surface area contributed by atoms with Crippen LogP contribution in [0.3, 0.4) is 0 Å². The summed E-state index contributed by atoms with van der Waals surface area (Å²) in [5, 5.41) is 0. The molecular formula is C7H13F2N. The average molecular weight is 149 g/mol. The van der Waals surface area contributed by atoms with Crippen LogP contribution in [0.25, 0.3) is 0 Å². The third-order valence-corrected chi connectivity index (χ3v) is 2.15. The van der Waals surface area contributed by atoms with E-state index >= 15 is 0 Å². The summed E-state index contributed by atoms with van der Waals surface area (Å²) in [6.45, 7) is 0. The Hall–Kier alpha value is -0.180. The lowest BCUT2D eigenvalue weighted by Gasteiger charge is -2.27. The van der Waals surface area contributed by atoms with Crippen LogP contribution in [0, 0.1) is 5.92 Å². The van der Waals surface area contributed by atoms with Gasteiger partial charge in [0.1, 0.15) is 0 Å². The molecule has 0 radical (unpaired) electrons. The van der Waals surface area contributed by atoms with Crippen molar-refractivity contribution in [2.24, 2.45) is 11.7 Å².